The van der Waals surface area contributed by atoms with Gasteiger partial charge in [-0.3, -0.25) is 0 Å². The lowest BCUT2D eigenvalue weighted by atomic mass is 9.77. The zero-order valence-corrected chi connectivity index (χ0v) is 18.1. The largest absolute Gasteiger partial charge is 0.373 e. The molecule has 1 aliphatic rings. The maximum atomic E-state index is 14.4. The SMILES string of the molecule is C=CCOCc1c(F)cc(-c2ccc([C@H]3CC[C@H](CCCCC)CC3)cc2)cc1F. The molecule has 0 heterocycles. The second-order valence-electron chi connectivity index (χ2n) is 8.56. The van der Waals surface area contributed by atoms with E-state index in [0.717, 1.165) is 11.5 Å². The summed E-state index contributed by atoms with van der Waals surface area (Å²) in [7, 11) is 0. The van der Waals surface area contributed by atoms with E-state index in [4.69, 9.17) is 4.74 Å². The van der Waals surface area contributed by atoms with Crippen LogP contribution in [0.5, 0.6) is 0 Å². The molecule has 1 saturated carbocycles. The fraction of sp³-hybridized carbons (Fsp3) is 0.481. The van der Waals surface area contributed by atoms with Crippen LogP contribution >= 0.6 is 0 Å². The molecule has 3 rings (SSSR count). The Morgan fingerprint density at radius 2 is 1.63 bits per heavy atom. The Bertz CT molecular complexity index is 781. The van der Waals surface area contributed by atoms with Crippen molar-refractivity contribution in [2.75, 3.05) is 6.61 Å². The number of hydrogen-bond acceptors (Lipinski definition) is 1. The minimum Gasteiger partial charge on any atom is -0.373 e. The molecular formula is C27H34F2O. The van der Waals surface area contributed by atoms with Crippen molar-refractivity contribution in [3.05, 3.63) is 71.8 Å². The van der Waals surface area contributed by atoms with Crippen molar-refractivity contribution in [1.82, 2.24) is 0 Å². The molecule has 0 bridgehead atoms. The summed E-state index contributed by atoms with van der Waals surface area (Å²) in [6.45, 7) is 5.97. The van der Waals surface area contributed by atoms with Crippen LogP contribution in [-0.2, 0) is 11.3 Å². The van der Waals surface area contributed by atoms with Gasteiger partial charge in [0.05, 0.1) is 13.2 Å². The van der Waals surface area contributed by atoms with E-state index in [1.54, 1.807) is 6.08 Å². The highest BCUT2D eigenvalue weighted by molar-refractivity contribution is 5.64. The van der Waals surface area contributed by atoms with Crippen LogP contribution < -0.4 is 0 Å². The molecule has 0 saturated heterocycles. The lowest BCUT2D eigenvalue weighted by Crippen LogP contribution is -2.13. The van der Waals surface area contributed by atoms with E-state index in [9.17, 15) is 8.78 Å². The highest BCUT2D eigenvalue weighted by Crippen LogP contribution is 2.38. The Balaban J connectivity index is 1.61. The molecule has 0 aromatic heterocycles. The first-order valence-electron chi connectivity index (χ1n) is 11.4. The van der Waals surface area contributed by atoms with Crippen LogP contribution in [-0.4, -0.2) is 6.61 Å². The van der Waals surface area contributed by atoms with Gasteiger partial charge in [-0.05, 0) is 66.3 Å². The van der Waals surface area contributed by atoms with Gasteiger partial charge in [0, 0.05) is 5.56 Å². The standard InChI is InChI=1S/C27H34F2O/c1-3-5-6-7-20-8-10-21(11-9-20)22-12-14-23(15-13-22)24-17-26(28)25(27(29)18-24)19-30-16-4-2/h4,12-15,17-18,20-21H,2-3,5-11,16,19H2,1H3/t20-,21-. The third kappa shape index (κ3) is 6.01. The second-order valence-corrected chi connectivity index (χ2v) is 8.56. The van der Waals surface area contributed by atoms with E-state index >= 15 is 0 Å². The summed E-state index contributed by atoms with van der Waals surface area (Å²) in [4.78, 5) is 0. The van der Waals surface area contributed by atoms with Gasteiger partial charge in [0.15, 0.2) is 0 Å². The molecule has 0 atom stereocenters. The monoisotopic (exact) mass is 412 g/mol. The molecule has 1 aliphatic carbocycles. The molecule has 0 N–H and O–H groups in total. The molecule has 2 aromatic carbocycles. The molecular weight excluding hydrogens is 378 g/mol. The lowest BCUT2D eigenvalue weighted by Gasteiger charge is -2.29. The number of hydrogen-bond donors (Lipinski definition) is 0. The molecule has 0 radical (unpaired) electrons. The third-order valence-corrected chi connectivity index (χ3v) is 6.40. The first-order valence-corrected chi connectivity index (χ1v) is 11.4. The normalized spacial score (nSPS) is 19.0. The van der Waals surface area contributed by atoms with Crippen molar-refractivity contribution in [2.45, 2.75) is 70.8 Å². The van der Waals surface area contributed by atoms with E-state index in [2.05, 4.69) is 25.6 Å². The molecule has 0 unspecified atom stereocenters. The molecule has 2 aromatic rings. The summed E-state index contributed by atoms with van der Waals surface area (Å²) in [5.74, 6) is 0.366. The van der Waals surface area contributed by atoms with E-state index < -0.39 is 11.6 Å². The highest BCUT2D eigenvalue weighted by atomic mass is 19.1. The zero-order valence-electron chi connectivity index (χ0n) is 18.1. The van der Waals surface area contributed by atoms with Gasteiger partial charge >= 0.3 is 0 Å². The molecule has 30 heavy (non-hydrogen) atoms. The molecule has 0 aliphatic heterocycles. The Morgan fingerprint density at radius 3 is 2.23 bits per heavy atom. The van der Waals surface area contributed by atoms with Gasteiger partial charge in [-0.15, -0.1) is 6.58 Å². The zero-order chi connectivity index (χ0) is 21.3. The summed E-state index contributed by atoms with van der Waals surface area (Å²) in [6, 6.07) is 11.0. The first kappa shape index (κ1) is 22.7. The van der Waals surface area contributed by atoms with Gasteiger partial charge in [-0.25, -0.2) is 8.78 Å². The van der Waals surface area contributed by atoms with Crippen LogP contribution in [0.2, 0.25) is 0 Å². The molecule has 3 heteroatoms. The molecule has 0 amide bonds. The quantitative estimate of drug-likeness (QED) is 0.282. The van der Waals surface area contributed by atoms with Crippen molar-refractivity contribution < 1.29 is 13.5 Å². The summed E-state index contributed by atoms with van der Waals surface area (Å²) >= 11 is 0. The summed E-state index contributed by atoms with van der Waals surface area (Å²) in [5, 5.41) is 0. The van der Waals surface area contributed by atoms with Crippen molar-refractivity contribution in [1.29, 1.82) is 0 Å². The number of unbranched alkanes of at least 4 members (excludes halogenated alkanes) is 2. The fourth-order valence-corrected chi connectivity index (χ4v) is 4.57. The number of benzene rings is 2. The van der Waals surface area contributed by atoms with E-state index in [-0.39, 0.29) is 18.8 Å². The second kappa shape index (κ2) is 11.4. The van der Waals surface area contributed by atoms with Gasteiger partial charge in [-0.2, -0.15) is 0 Å². The van der Waals surface area contributed by atoms with Crippen molar-refractivity contribution in [3.8, 4) is 11.1 Å². The average molecular weight is 413 g/mol. The Hall–Kier alpha value is -2.00. The Morgan fingerprint density at radius 1 is 0.967 bits per heavy atom. The van der Waals surface area contributed by atoms with E-state index in [1.165, 1.54) is 69.1 Å². The van der Waals surface area contributed by atoms with Gasteiger partial charge in [0.2, 0.25) is 0 Å². The van der Waals surface area contributed by atoms with Crippen LogP contribution in [0.25, 0.3) is 11.1 Å². The third-order valence-electron chi connectivity index (χ3n) is 6.40. The molecule has 0 spiro atoms. The minimum absolute atomic E-state index is 0.0343. The first-order chi connectivity index (χ1) is 14.6. The van der Waals surface area contributed by atoms with Crippen LogP contribution in [0.1, 0.15) is 75.3 Å². The summed E-state index contributed by atoms with van der Waals surface area (Å²) < 4.78 is 34.0. The average Bonchev–Trinajstić information content (AvgIpc) is 2.76. The predicted octanol–water partition coefficient (Wildman–Crippen LogP) is 8.19. The Kier molecular flexibility index (Phi) is 8.62. The molecule has 162 valence electrons. The van der Waals surface area contributed by atoms with Crippen molar-refractivity contribution >= 4 is 0 Å². The maximum absolute atomic E-state index is 14.4. The maximum Gasteiger partial charge on any atom is 0.132 e. The number of rotatable bonds is 10. The van der Waals surface area contributed by atoms with Crippen LogP contribution in [0.15, 0.2) is 49.1 Å². The lowest BCUT2D eigenvalue weighted by molar-refractivity contribution is 0.143. The number of ether oxygens (including phenoxy) is 1. The molecule has 1 nitrogen and oxygen atoms in total. The topological polar surface area (TPSA) is 9.23 Å². The smallest absolute Gasteiger partial charge is 0.132 e. The van der Waals surface area contributed by atoms with Crippen LogP contribution in [0.4, 0.5) is 8.78 Å². The summed E-state index contributed by atoms with van der Waals surface area (Å²) in [6.07, 6.45) is 12.1. The van der Waals surface area contributed by atoms with E-state index in [0.29, 0.717) is 11.5 Å². The fourth-order valence-electron chi connectivity index (χ4n) is 4.57. The van der Waals surface area contributed by atoms with E-state index in [1.807, 2.05) is 12.1 Å². The number of halogens is 2. The summed E-state index contributed by atoms with van der Waals surface area (Å²) in [5.41, 5.74) is 2.71. The van der Waals surface area contributed by atoms with Gasteiger partial charge in [0.1, 0.15) is 11.6 Å². The van der Waals surface area contributed by atoms with Crippen molar-refractivity contribution in [3.63, 3.8) is 0 Å². The van der Waals surface area contributed by atoms with Gasteiger partial charge in [0.25, 0.3) is 0 Å². The predicted molar refractivity (Wildman–Crippen MR) is 120 cm³/mol. The highest BCUT2D eigenvalue weighted by Gasteiger charge is 2.22. The Labute approximate surface area is 180 Å². The van der Waals surface area contributed by atoms with Gasteiger partial charge in [-0.1, -0.05) is 62.9 Å². The van der Waals surface area contributed by atoms with Gasteiger partial charge < -0.3 is 4.74 Å². The van der Waals surface area contributed by atoms with Crippen LogP contribution in [0.3, 0.4) is 0 Å². The minimum atomic E-state index is -0.570. The molecule has 1 fully saturated rings. The van der Waals surface area contributed by atoms with Crippen molar-refractivity contribution in [2.24, 2.45) is 5.92 Å². The van der Waals surface area contributed by atoms with Crippen LogP contribution in [0, 0.1) is 17.6 Å².